The molecule has 0 spiro atoms. The second-order valence-electron chi connectivity index (χ2n) is 5.50. The first-order valence-electron chi connectivity index (χ1n) is 7.03. The molecule has 1 unspecified atom stereocenters. The van der Waals surface area contributed by atoms with Gasteiger partial charge in [0.25, 0.3) is 0 Å². The van der Waals surface area contributed by atoms with Gasteiger partial charge in [0, 0.05) is 37.1 Å². The molecule has 1 heterocycles. The second-order valence-corrected chi connectivity index (χ2v) is 8.26. The Hall–Kier alpha value is -0.960. The number of sulfonamides is 1. The van der Waals surface area contributed by atoms with Gasteiger partial charge in [0.05, 0.1) is 10.6 Å². The van der Waals surface area contributed by atoms with Crippen LogP contribution in [0.1, 0.15) is 19.4 Å². The van der Waals surface area contributed by atoms with Crippen LogP contribution in [-0.4, -0.2) is 44.3 Å². The molecule has 2 rings (SSSR count). The molecule has 1 amide bonds. The zero-order valence-electron chi connectivity index (χ0n) is 12.8. The molecule has 0 bridgehead atoms. The molecule has 0 aliphatic carbocycles. The van der Waals surface area contributed by atoms with Crippen molar-refractivity contribution in [2.75, 3.05) is 25.0 Å². The van der Waals surface area contributed by atoms with E-state index >= 15 is 0 Å². The number of halogens is 1. The fraction of sp³-hybridized carbons (Fsp3) is 0.500. The molecule has 1 saturated heterocycles. The molecule has 6 nitrogen and oxygen atoms in total. The van der Waals surface area contributed by atoms with Gasteiger partial charge < -0.3 is 10.6 Å². The largest absolute Gasteiger partial charge is 0.325 e. The Morgan fingerprint density at radius 2 is 2.14 bits per heavy atom. The first-order valence-corrected chi connectivity index (χ1v) is 9.26. The number of benzene rings is 1. The number of anilines is 1. The Labute approximate surface area is 139 Å². The van der Waals surface area contributed by atoms with Gasteiger partial charge >= 0.3 is 0 Å². The van der Waals surface area contributed by atoms with Gasteiger partial charge in [-0.1, -0.05) is 0 Å². The molecule has 22 heavy (non-hydrogen) atoms. The van der Waals surface area contributed by atoms with Crippen molar-refractivity contribution in [1.29, 1.82) is 0 Å². The summed E-state index contributed by atoms with van der Waals surface area (Å²) in [6, 6.07) is 3.36. The molecule has 0 radical (unpaired) electrons. The summed E-state index contributed by atoms with van der Waals surface area (Å²) in [7, 11) is -3.54. The molecular weight excluding hydrogens is 370 g/mol. The number of carbonyl (C=O) groups excluding carboxylic acids is 1. The number of nitrogens with zero attached hydrogens (tertiary/aromatic N) is 1. The highest BCUT2D eigenvalue weighted by Crippen LogP contribution is 2.30. The van der Waals surface area contributed by atoms with E-state index in [0.29, 0.717) is 35.4 Å². The normalized spacial score (nSPS) is 19.9. The SMILES string of the molecule is CC(=O)Nc1cc(C)c(S(=O)(=O)N2CCNC(C)C2)cc1Br. The molecule has 8 heteroatoms. The average molecular weight is 390 g/mol. The predicted octanol–water partition coefficient (Wildman–Crippen LogP) is 1.70. The van der Waals surface area contributed by atoms with Crippen molar-refractivity contribution < 1.29 is 13.2 Å². The van der Waals surface area contributed by atoms with Crippen molar-refractivity contribution in [2.24, 2.45) is 0 Å². The monoisotopic (exact) mass is 389 g/mol. The minimum atomic E-state index is -3.54. The zero-order valence-corrected chi connectivity index (χ0v) is 15.2. The summed E-state index contributed by atoms with van der Waals surface area (Å²) in [5.41, 5.74) is 1.18. The Kier molecular flexibility index (Phi) is 5.26. The Bertz CT molecular complexity index is 691. The maximum Gasteiger partial charge on any atom is 0.243 e. The van der Waals surface area contributed by atoms with Crippen molar-refractivity contribution in [1.82, 2.24) is 9.62 Å². The maximum atomic E-state index is 12.8. The number of amides is 1. The first-order chi connectivity index (χ1) is 10.2. The second kappa shape index (κ2) is 6.66. The molecule has 1 atom stereocenters. The van der Waals surface area contributed by atoms with Crippen molar-refractivity contribution >= 4 is 37.5 Å². The summed E-state index contributed by atoms with van der Waals surface area (Å²) in [4.78, 5) is 11.4. The summed E-state index contributed by atoms with van der Waals surface area (Å²) in [6.45, 7) is 6.66. The maximum absolute atomic E-state index is 12.8. The van der Waals surface area contributed by atoms with Gasteiger partial charge in [0.2, 0.25) is 15.9 Å². The topological polar surface area (TPSA) is 78.5 Å². The Morgan fingerprint density at radius 3 is 2.73 bits per heavy atom. The minimum absolute atomic E-state index is 0.130. The highest BCUT2D eigenvalue weighted by molar-refractivity contribution is 9.10. The fourth-order valence-corrected chi connectivity index (χ4v) is 4.84. The van der Waals surface area contributed by atoms with E-state index in [-0.39, 0.29) is 16.8 Å². The van der Waals surface area contributed by atoms with Gasteiger partial charge in [-0.05, 0) is 47.5 Å². The van der Waals surface area contributed by atoms with E-state index in [0.717, 1.165) is 0 Å². The van der Waals surface area contributed by atoms with Crippen LogP contribution in [0, 0.1) is 6.92 Å². The van der Waals surface area contributed by atoms with E-state index in [1.54, 1.807) is 19.1 Å². The van der Waals surface area contributed by atoms with Gasteiger partial charge in [-0.15, -0.1) is 0 Å². The summed E-state index contributed by atoms with van der Waals surface area (Å²) in [5, 5.41) is 5.90. The number of piperazine rings is 1. The lowest BCUT2D eigenvalue weighted by Crippen LogP contribution is -2.51. The summed E-state index contributed by atoms with van der Waals surface area (Å²) < 4.78 is 27.7. The number of hydrogen-bond donors (Lipinski definition) is 2. The van der Waals surface area contributed by atoms with Crippen LogP contribution in [0.3, 0.4) is 0 Å². The van der Waals surface area contributed by atoms with Crippen LogP contribution in [0.5, 0.6) is 0 Å². The lowest BCUT2D eigenvalue weighted by Gasteiger charge is -2.31. The van der Waals surface area contributed by atoms with E-state index in [1.807, 2.05) is 6.92 Å². The van der Waals surface area contributed by atoms with Crippen LogP contribution in [0.25, 0.3) is 0 Å². The third-order valence-corrected chi connectivity index (χ3v) is 6.19. The highest BCUT2D eigenvalue weighted by Gasteiger charge is 2.30. The zero-order chi connectivity index (χ0) is 16.5. The van der Waals surface area contributed by atoms with Gasteiger partial charge in [-0.2, -0.15) is 4.31 Å². The van der Waals surface area contributed by atoms with Crippen LogP contribution in [-0.2, 0) is 14.8 Å². The molecule has 2 N–H and O–H groups in total. The number of aryl methyl sites for hydroxylation is 1. The molecule has 0 aromatic heterocycles. The van der Waals surface area contributed by atoms with Crippen molar-refractivity contribution in [3.63, 3.8) is 0 Å². The van der Waals surface area contributed by atoms with Crippen molar-refractivity contribution in [3.05, 3.63) is 22.2 Å². The minimum Gasteiger partial charge on any atom is -0.325 e. The van der Waals surface area contributed by atoms with Crippen molar-refractivity contribution in [3.8, 4) is 0 Å². The molecule has 1 fully saturated rings. The van der Waals surface area contributed by atoms with E-state index < -0.39 is 10.0 Å². The van der Waals surface area contributed by atoms with Crippen LogP contribution in [0.2, 0.25) is 0 Å². The number of hydrogen-bond acceptors (Lipinski definition) is 4. The van der Waals surface area contributed by atoms with E-state index in [1.165, 1.54) is 11.2 Å². The quantitative estimate of drug-likeness (QED) is 0.824. The lowest BCUT2D eigenvalue weighted by atomic mass is 10.2. The third-order valence-electron chi connectivity index (χ3n) is 3.52. The van der Waals surface area contributed by atoms with Gasteiger partial charge in [0.15, 0.2) is 0 Å². The Balaban J connectivity index is 2.39. The predicted molar refractivity (Wildman–Crippen MR) is 89.4 cm³/mol. The number of carbonyl (C=O) groups is 1. The summed E-state index contributed by atoms with van der Waals surface area (Å²) in [6.07, 6.45) is 0. The van der Waals surface area contributed by atoms with Crippen molar-refractivity contribution in [2.45, 2.75) is 31.7 Å². The lowest BCUT2D eigenvalue weighted by molar-refractivity contribution is -0.114. The first kappa shape index (κ1) is 17.4. The van der Waals surface area contributed by atoms with Gasteiger partial charge in [-0.25, -0.2) is 8.42 Å². The van der Waals surface area contributed by atoms with Crippen LogP contribution >= 0.6 is 15.9 Å². The van der Waals surface area contributed by atoms with Crippen LogP contribution < -0.4 is 10.6 Å². The molecule has 122 valence electrons. The Morgan fingerprint density at radius 1 is 1.45 bits per heavy atom. The molecular formula is C14H20BrN3O3S. The average Bonchev–Trinajstić information content (AvgIpc) is 2.41. The van der Waals surface area contributed by atoms with E-state index in [9.17, 15) is 13.2 Å². The highest BCUT2D eigenvalue weighted by atomic mass is 79.9. The standard InChI is InChI=1S/C14H20BrN3O3S/c1-9-6-13(17-11(3)19)12(15)7-14(9)22(20,21)18-5-4-16-10(2)8-18/h6-7,10,16H,4-5,8H2,1-3H3,(H,17,19). The number of rotatable bonds is 3. The fourth-order valence-electron chi connectivity index (χ4n) is 2.48. The van der Waals surface area contributed by atoms with Gasteiger partial charge in [-0.3, -0.25) is 4.79 Å². The summed E-state index contributed by atoms with van der Waals surface area (Å²) in [5.74, 6) is -0.202. The molecule has 1 aromatic carbocycles. The molecule has 1 aliphatic rings. The number of nitrogens with one attached hydrogen (secondary N) is 2. The molecule has 0 saturated carbocycles. The van der Waals surface area contributed by atoms with E-state index in [4.69, 9.17) is 0 Å². The van der Waals surface area contributed by atoms with Crippen LogP contribution in [0.4, 0.5) is 5.69 Å². The summed E-state index contributed by atoms with van der Waals surface area (Å²) >= 11 is 3.33. The third kappa shape index (κ3) is 3.68. The van der Waals surface area contributed by atoms with E-state index in [2.05, 4.69) is 26.6 Å². The molecule has 1 aromatic rings. The molecule has 1 aliphatic heterocycles. The van der Waals surface area contributed by atoms with Crippen LogP contribution in [0.15, 0.2) is 21.5 Å². The smallest absolute Gasteiger partial charge is 0.243 e. The van der Waals surface area contributed by atoms with Gasteiger partial charge in [0.1, 0.15) is 0 Å².